The molecule has 0 unspecified atom stereocenters. The van der Waals surface area contributed by atoms with Gasteiger partial charge in [0.1, 0.15) is 0 Å². The molecule has 0 spiro atoms. The van der Waals surface area contributed by atoms with E-state index in [-0.39, 0.29) is 5.91 Å². The van der Waals surface area contributed by atoms with Crippen LogP contribution in [0.15, 0.2) is 18.2 Å². The monoisotopic (exact) mass is 378 g/mol. The lowest BCUT2D eigenvalue weighted by Gasteiger charge is -2.22. The third-order valence-electron chi connectivity index (χ3n) is 3.45. The quantitative estimate of drug-likeness (QED) is 0.750. The van der Waals surface area contributed by atoms with Gasteiger partial charge in [-0.2, -0.15) is 0 Å². The van der Waals surface area contributed by atoms with Crippen molar-refractivity contribution in [1.29, 1.82) is 0 Å². The number of carbonyl (C=O) groups excluding carboxylic acids is 1. The number of benzene rings is 1. The number of alkyl halides is 1. The van der Waals surface area contributed by atoms with E-state index < -0.39 is 0 Å². The van der Waals surface area contributed by atoms with Gasteiger partial charge in [-0.15, -0.1) is 0 Å². The molecule has 0 N–H and O–H groups in total. The second kappa shape index (κ2) is 7.64. The van der Waals surface area contributed by atoms with E-state index in [2.05, 4.69) is 20.8 Å². The first-order valence-electron chi connectivity index (χ1n) is 6.65. The highest BCUT2D eigenvalue weighted by atomic mass is 79.9. The zero-order valence-electron chi connectivity index (χ0n) is 11.1. The van der Waals surface area contributed by atoms with Gasteiger partial charge in [0, 0.05) is 31.5 Å². The molecule has 6 heteroatoms. The lowest BCUT2D eigenvalue weighted by atomic mass is 10.2. The molecular weight excluding hydrogens is 363 g/mol. The molecule has 1 aliphatic heterocycles. The van der Waals surface area contributed by atoms with Crippen LogP contribution in [0.4, 0.5) is 0 Å². The smallest absolute Gasteiger partial charge is 0.256 e. The van der Waals surface area contributed by atoms with Gasteiger partial charge < -0.3 is 9.80 Å². The van der Waals surface area contributed by atoms with Gasteiger partial charge in [-0.25, -0.2) is 0 Å². The van der Waals surface area contributed by atoms with Crippen molar-refractivity contribution in [1.82, 2.24) is 9.80 Å². The molecule has 1 aliphatic rings. The summed E-state index contributed by atoms with van der Waals surface area (Å²) in [6.07, 6.45) is 0.973. The molecule has 3 nitrogen and oxygen atoms in total. The Morgan fingerprint density at radius 3 is 2.50 bits per heavy atom. The fourth-order valence-corrected chi connectivity index (χ4v) is 3.44. The van der Waals surface area contributed by atoms with E-state index in [0.29, 0.717) is 22.2 Å². The first-order chi connectivity index (χ1) is 9.63. The summed E-state index contributed by atoms with van der Waals surface area (Å²) < 4.78 is 0. The van der Waals surface area contributed by atoms with E-state index in [4.69, 9.17) is 23.2 Å². The Labute approximate surface area is 138 Å². The Bertz CT molecular complexity index is 464. The lowest BCUT2D eigenvalue weighted by Crippen LogP contribution is -2.35. The van der Waals surface area contributed by atoms with Crippen molar-refractivity contribution in [3.05, 3.63) is 33.8 Å². The number of rotatable bonds is 3. The summed E-state index contributed by atoms with van der Waals surface area (Å²) in [5.74, 6) is -0.0682. The van der Waals surface area contributed by atoms with Crippen LogP contribution in [0.2, 0.25) is 10.0 Å². The molecule has 20 heavy (non-hydrogen) atoms. The maximum Gasteiger partial charge on any atom is 0.256 e. The molecule has 1 amide bonds. The molecule has 1 aromatic rings. The van der Waals surface area contributed by atoms with Crippen LogP contribution in [0.5, 0.6) is 0 Å². The van der Waals surface area contributed by atoms with Gasteiger partial charge in [-0.05, 0) is 25.1 Å². The zero-order chi connectivity index (χ0) is 14.5. The summed E-state index contributed by atoms with van der Waals surface area (Å²) in [5.41, 5.74) is 0.421. The molecule has 0 aliphatic carbocycles. The first kappa shape index (κ1) is 16.1. The molecular formula is C14H17BrCl2N2O. The molecule has 2 rings (SSSR count). The second-order valence-electron chi connectivity index (χ2n) is 4.77. The van der Waals surface area contributed by atoms with Gasteiger partial charge in [0.15, 0.2) is 0 Å². The summed E-state index contributed by atoms with van der Waals surface area (Å²) in [7, 11) is 0. The first-order valence-corrected chi connectivity index (χ1v) is 8.53. The van der Waals surface area contributed by atoms with Crippen LogP contribution < -0.4 is 0 Å². The highest BCUT2D eigenvalue weighted by Gasteiger charge is 2.23. The number of amides is 1. The normalized spacial score (nSPS) is 17.1. The molecule has 0 bridgehead atoms. The maximum atomic E-state index is 12.6. The Kier molecular flexibility index (Phi) is 6.15. The number of nitrogens with zero attached hydrogens (tertiary/aromatic N) is 2. The standard InChI is InChI=1S/C14H17BrCl2N2O/c15-5-8-18-6-2-7-19(10-9-18)14(20)13-11(16)3-1-4-12(13)17/h1,3-4H,2,5-10H2. The molecule has 0 saturated carbocycles. The van der Waals surface area contributed by atoms with Crippen LogP contribution in [-0.4, -0.2) is 53.8 Å². The molecule has 1 heterocycles. The Morgan fingerprint density at radius 2 is 1.85 bits per heavy atom. The Balaban J connectivity index is 2.10. The van der Waals surface area contributed by atoms with Gasteiger partial charge in [0.05, 0.1) is 15.6 Å². The van der Waals surface area contributed by atoms with Gasteiger partial charge in [-0.1, -0.05) is 45.2 Å². The van der Waals surface area contributed by atoms with Crippen molar-refractivity contribution in [3.8, 4) is 0 Å². The molecule has 1 fully saturated rings. The van der Waals surface area contributed by atoms with E-state index in [1.54, 1.807) is 18.2 Å². The number of hydrogen-bond donors (Lipinski definition) is 0. The Morgan fingerprint density at radius 1 is 1.15 bits per heavy atom. The van der Waals surface area contributed by atoms with Crippen LogP contribution in [0.25, 0.3) is 0 Å². The van der Waals surface area contributed by atoms with Crippen molar-refractivity contribution in [2.75, 3.05) is 38.1 Å². The third-order valence-corrected chi connectivity index (χ3v) is 4.44. The fraction of sp³-hybridized carbons (Fsp3) is 0.500. The summed E-state index contributed by atoms with van der Waals surface area (Å²) in [6, 6.07) is 5.16. The van der Waals surface area contributed by atoms with E-state index in [0.717, 1.165) is 37.9 Å². The van der Waals surface area contributed by atoms with E-state index in [9.17, 15) is 4.79 Å². The van der Waals surface area contributed by atoms with Crippen molar-refractivity contribution in [2.24, 2.45) is 0 Å². The highest BCUT2D eigenvalue weighted by molar-refractivity contribution is 9.09. The summed E-state index contributed by atoms with van der Waals surface area (Å²) >= 11 is 15.7. The summed E-state index contributed by atoms with van der Waals surface area (Å²) in [5, 5.41) is 1.80. The minimum absolute atomic E-state index is 0.0682. The predicted octanol–water partition coefficient (Wildman–Crippen LogP) is 3.54. The van der Waals surface area contributed by atoms with Gasteiger partial charge >= 0.3 is 0 Å². The minimum atomic E-state index is -0.0682. The highest BCUT2D eigenvalue weighted by Crippen LogP contribution is 2.26. The molecule has 0 aromatic heterocycles. The topological polar surface area (TPSA) is 23.6 Å². The van der Waals surface area contributed by atoms with Crippen molar-refractivity contribution >= 4 is 45.0 Å². The number of carbonyl (C=O) groups is 1. The van der Waals surface area contributed by atoms with Crippen molar-refractivity contribution < 1.29 is 4.79 Å². The van der Waals surface area contributed by atoms with Crippen LogP contribution in [-0.2, 0) is 0 Å². The van der Waals surface area contributed by atoms with Crippen LogP contribution in [0.3, 0.4) is 0 Å². The van der Waals surface area contributed by atoms with Crippen molar-refractivity contribution in [2.45, 2.75) is 6.42 Å². The van der Waals surface area contributed by atoms with Crippen molar-refractivity contribution in [3.63, 3.8) is 0 Å². The molecule has 0 radical (unpaired) electrons. The van der Waals surface area contributed by atoms with Gasteiger partial charge in [-0.3, -0.25) is 4.79 Å². The second-order valence-corrected chi connectivity index (χ2v) is 6.38. The maximum absolute atomic E-state index is 12.6. The van der Waals surface area contributed by atoms with E-state index in [1.165, 1.54) is 0 Å². The third kappa shape index (κ3) is 3.88. The summed E-state index contributed by atoms with van der Waals surface area (Å²) in [4.78, 5) is 16.8. The van der Waals surface area contributed by atoms with Gasteiger partial charge in [0.25, 0.3) is 5.91 Å². The SMILES string of the molecule is O=C(c1c(Cl)cccc1Cl)N1CCCN(CCBr)CC1. The lowest BCUT2D eigenvalue weighted by molar-refractivity contribution is 0.0762. The predicted molar refractivity (Wildman–Crippen MR) is 87.2 cm³/mol. The van der Waals surface area contributed by atoms with E-state index in [1.807, 2.05) is 4.90 Å². The zero-order valence-corrected chi connectivity index (χ0v) is 14.2. The van der Waals surface area contributed by atoms with Crippen LogP contribution in [0, 0.1) is 0 Å². The molecule has 0 atom stereocenters. The van der Waals surface area contributed by atoms with Gasteiger partial charge in [0.2, 0.25) is 0 Å². The number of hydrogen-bond acceptors (Lipinski definition) is 2. The largest absolute Gasteiger partial charge is 0.337 e. The minimum Gasteiger partial charge on any atom is -0.337 e. The molecule has 1 saturated heterocycles. The average Bonchev–Trinajstić information content (AvgIpc) is 2.64. The van der Waals surface area contributed by atoms with Crippen LogP contribution >= 0.6 is 39.1 Å². The fourth-order valence-electron chi connectivity index (χ4n) is 2.38. The summed E-state index contributed by atoms with van der Waals surface area (Å²) in [6.45, 7) is 4.38. The van der Waals surface area contributed by atoms with Crippen LogP contribution in [0.1, 0.15) is 16.8 Å². The van der Waals surface area contributed by atoms with E-state index >= 15 is 0 Å². The molecule has 1 aromatic carbocycles. The number of halogens is 3. The average molecular weight is 380 g/mol. The Hall–Kier alpha value is -0.290. The molecule has 110 valence electrons.